The molecule has 2 atom stereocenters. The van der Waals surface area contributed by atoms with E-state index in [4.69, 9.17) is 4.74 Å². The van der Waals surface area contributed by atoms with Crippen molar-refractivity contribution in [3.8, 4) is 10.6 Å². The van der Waals surface area contributed by atoms with Crippen LogP contribution < -0.4 is 5.32 Å². The van der Waals surface area contributed by atoms with Crippen LogP contribution >= 0.6 is 11.3 Å². The van der Waals surface area contributed by atoms with Crippen molar-refractivity contribution < 1.29 is 9.53 Å². The molecule has 3 aromatic rings. The average molecular weight is 422 g/mol. The fraction of sp³-hybridized carbons (Fsp3) is 0.333. The lowest BCUT2D eigenvalue weighted by Gasteiger charge is -2.35. The quantitative estimate of drug-likeness (QED) is 0.632. The zero-order valence-corrected chi connectivity index (χ0v) is 18.2. The highest BCUT2D eigenvalue weighted by Gasteiger charge is 2.23. The Morgan fingerprint density at radius 2 is 1.80 bits per heavy atom. The van der Waals surface area contributed by atoms with Gasteiger partial charge in [0.25, 0.3) is 0 Å². The molecule has 30 heavy (non-hydrogen) atoms. The molecular formula is C24H27N3O2S. The summed E-state index contributed by atoms with van der Waals surface area (Å²) in [6.45, 7) is 6.80. The zero-order chi connectivity index (χ0) is 20.9. The minimum absolute atomic E-state index is 0.0453. The van der Waals surface area contributed by atoms with E-state index in [-0.39, 0.29) is 24.5 Å². The molecule has 1 fully saturated rings. The number of anilines is 1. The van der Waals surface area contributed by atoms with Gasteiger partial charge in [-0.05, 0) is 25.5 Å². The first kappa shape index (κ1) is 20.7. The monoisotopic (exact) mass is 421 g/mol. The van der Waals surface area contributed by atoms with Crippen molar-refractivity contribution in [2.75, 3.05) is 18.4 Å². The maximum Gasteiger partial charge on any atom is 0.230 e. The summed E-state index contributed by atoms with van der Waals surface area (Å²) in [5, 5.41) is 5.99. The summed E-state index contributed by atoms with van der Waals surface area (Å²) in [7, 11) is 0. The van der Waals surface area contributed by atoms with E-state index in [1.165, 1.54) is 0 Å². The zero-order valence-electron chi connectivity index (χ0n) is 17.4. The van der Waals surface area contributed by atoms with E-state index in [0.29, 0.717) is 0 Å². The van der Waals surface area contributed by atoms with E-state index >= 15 is 0 Å². The van der Waals surface area contributed by atoms with Crippen molar-refractivity contribution in [3.05, 3.63) is 71.2 Å². The van der Waals surface area contributed by atoms with Gasteiger partial charge in [0.05, 0.1) is 24.3 Å². The van der Waals surface area contributed by atoms with E-state index < -0.39 is 0 Å². The van der Waals surface area contributed by atoms with Gasteiger partial charge in [0.15, 0.2) is 0 Å². The number of hydrogen-bond acceptors (Lipinski definition) is 5. The van der Waals surface area contributed by atoms with Crippen molar-refractivity contribution in [2.24, 2.45) is 0 Å². The second-order valence-corrected chi connectivity index (χ2v) is 8.70. The molecule has 0 aliphatic carbocycles. The second-order valence-electron chi connectivity index (χ2n) is 7.84. The largest absolute Gasteiger partial charge is 0.373 e. The molecule has 1 N–H and O–H groups in total. The van der Waals surface area contributed by atoms with Gasteiger partial charge < -0.3 is 10.1 Å². The maximum atomic E-state index is 12.7. The maximum absolute atomic E-state index is 12.7. The van der Waals surface area contributed by atoms with Gasteiger partial charge in [-0.3, -0.25) is 9.69 Å². The van der Waals surface area contributed by atoms with Crippen molar-refractivity contribution in [3.63, 3.8) is 0 Å². The van der Waals surface area contributed by atoms with Crippen molar-refractivity contribution in [1.82, 2.24) is 9.88 Å². The van der Waals surface area contributed by atoms with Gasteiger partial charge in [0, 0.05) is 36.3 Å². The predicted molar refractivity (Wildman–Crippen MR) is 122 cm³/mol. The highest BCUT2D eigenvalue weighted by atomic mass is 32.1. The predicted octanol–water partition coefficient (Wildman–Crippen LogP) is 4.60. The highest BCUT2D eigenvalue weighted by Crippen LogP contribution is 2.24. The fourth-order valence-corrected chi connectivity index (χ4v) is 4.72. The number of rotatable bonds is 6. The van der Waals surface area contributed by atoms with Gasteiger partial charge in [0.1, 0.15) is 5.01 Å². The normalized spacial score (nSPS) is 19.5. The highest BCUT2D eigenvalue weighted by molar-refractivity contribution is 7.13. The number of carbonyl (C=O) groups excluding carboxylic acids is 1. The first-order chi connectivity index (χ1) is 14.6. The Balaban J connectivity index is 1.40. The Morgan fingerprint density at radius 3 is 2.57 bits per heavy atom. The molecule has 6 heteroatoms. The molecule has 0 spiro atoms. The summed E-state index contributed by atoms with van der Waals surface area (Å²) >= 11 is 1.57. The summed E-state index contributed by atoms with van der Waals surface area (Å²) < 4.78 is 5.83. The Labute approximate surface area is 181 Å². The fourth-order valence-electron chi connectivity index (χ4n) is 3.89. The van der Waals surface area contributed by atoms with Crippen molar-refractivity contribution in [2.45, 2.75) is 39.0 Å². The molecule has 2 aromatic carbocycles. The lowest BCUT2D eigenvalue weighted by molar-refractivity contribution is -0.115. The van der Waals surface area contributed by atoms with E-state index in [0.717, 1.165) is 47.2 Å². The molecule has 1 amide bonds. The summed E-state index contributed by atoms with van der Waals surface area (Å²) in [6, 6.07) is 18.1. The van der Waals surface area contributed by atoms with Gasteiger partial charge in [-0.25, -0.2) is 4.98 Å². The summed E-state index contributed by atoms with van der Waals surface area (Å²) in [4.78, 5) is 19.7. The molecule has 0 bridgehead atoms. The number of para-hydroxylation sites is 1. The van der Waals surface area contributed by atoms with E-state index in [2.05, 4.69) is 35.1 Å². The number of amides is 1. The van der Waals surface area contributed by atoms with Gasteiger partial charge in [-0.2, -0.15) is 0 Å². The Bertz CT molecular complexity index is 979. The van der Waals surface area contributed by atoms with Crippen LogP contribution in [0.25, 0.3) is 10.6 Å². The number of ether oxygens (including phenoxy) is 1. The molecule has 4 rings (SSSR count). The number of benzene rings is 2. The van der Waals surface area contributed by atoms with Crippen LogP contribution in [-0.4, -0.2) is 41.1 Å². The first-order valence-electron chi connectivity index (χ1n) is 10.3. The molecule has 156 valence electrons. The first-order valence-corrected chi connectivity index (χ1v) is 11.2. The van der Waals surface area contributed by atoms with Gasteiger partial charge in [-0.1, -0.05) is 48.5 Å². The van der Waals surface area contributed by atoms with Gasteiger partial charge in [0.2, 0.25) is 5.91 Å². The lowest BCUT2D eigenvalue weighted by Crippen LogP contribution is -2.44. The van der Waals surface area contributed by atoms with Crippen molar-refractivity contribution in [1.29, 1.82) is 0 Å². The van der Waals surface area contributed by atoms with Crippen LogP contribution in [0, 0.1) is 0 Å². The number of thiazole rings is 1. The minimum atomic E-state index is -0.0453. The molecule has 1 saturated heterocycles. The number of nitrogens with zero attached hydrogens (tertiary/aromatic N) is 2. The second kappa shape index (κ2) is 9.51. The van der Waals surface area contributed by atoms with Crippen LogP contribution in [0.3, 0.4) is 0 Å². The SMILES string of the molecule is CC1CN(Cc2ccccc2NC(=O)Cc2csc(-c3ccccc3)n2)CC(C)O1. The molecule has 2 heterocycles. The third-order valence-electron chi connectivity index (χ3n) is 5.09. The number of carbonyl (C=O) groups is 1. The molecule has 1 aromatic heterocycles. The molecular weight excluding hydrogens is 394 g/mol. The molecule has 1 aliphatic heterocycles. The third kappa shape index (κ3) is 5.33. The summed E-state index contributed by atoms with van der Waals surface area (Å²) in [6.07, 6.45) is 0.710. The van der Waals surface area contributed by atoms with Crippen LogP contribution in [0.4, 0.5) is 5.69 Å². The topological polar surface area (TPSA) is 54.5 Å². The number of morpholine rings is 1. The standard InChI is InChI=1S/C24H27N3O2S/c1-17-13-27(14-18(2)29-17)15-20-10-6-7-11-22(20)26-23(28)12-21-16-30-24(25-21)19-8-4-3-5-9-19/h3-11,16-18H,12-15H2,1-2H3,(H,26,28). The minimum Gasteiger partial charge on any atom is -0.373 e. The number of hydrogen-bond donors (Lipinski definition) is 1. The molecule has 0 saturated carbocycles. The number of aromatic nitrogens is 1. The molecule has 2 unspecified atom stereocenters. The van der Waals surface area contributed by atoms with Gasteiger partial charge in [-0.15, -0.1) is 11.3 Å². The number of nitrogens with one attached hydrogen (secondary N) is 1. The van der Waals surface area contributed by atoms with Crippen LogP contribution in [0.15, 0.2) is 60.0 Å². The van der Waals surface area contributed by atoms with Crippen LogP contribution in [0.1, 0.15) is 25.1 Å². The molecule has 1 aliphatic rings. The van der Waals surface area contributed by atoms with Gasteiger partial charge >= 0.3 is 0 Å². The summed E-state index contributed by atoms with van der Waals surface area (Å²) in [5.74, 6) is -0.0453. The smallest absolute Gasteiger partial charge is 0.230 e. The molecule has 0 radical (unpaired) electrons. The summed E-state index contributed by atoms with van der Waals surface area (Å²) in [5.41, 5.74) is 3.86. The van der Waals surface area contributed by atoms with E-state index in [1.807, 2.05) is 53.9 Å². The van der Waals surface area contributed by atoms with E-state index in [9.17, 15) is 4.79 Å². The third-order valence-corrected chi connectivity index (χ3v) is 6.03. The van der Waals surface area contributed by atoms with Crippen LogP contribution in [0.2, 0.25) is 0 Å². The Kier molecular flexibility index (Phi) is 6.57. The van der Waals surface area contributed by atoms with E-state index in [1.54, 1.807) is 11.3 Å². The van der Waals surface area contributed by atoms with Crippen molar-refractivity contribution >= 4 is 22.9 Å². The lowest BCUT2D eigenvalue weighted by atomic mass is 10.1. The Morgan fingerprint density at radius 1 is 1.10 bits per heavy atom. The van der Waals surface area contributed by atoms with Crippen LogP contribution in [0.5, 0.6) is 0 Å². The Hall–Kier alpha value is -2.54. The average Bonchev–Trinajstić information content (AvgIpc) is 3.18. The van der Waals surface area contributed by atoms with Crippen LogP contribution in [-0.2, 0) is 22.5 Å². The molecule has 5 nitrogen and oxygen atoms in total.